The third kappa shape index (κ3) is 1.89. The Bertz CT molecular complexity index is 422. The van der Waals surface area contributed by atoms with Crippen molar-refractivity contribution < 1.29 is 24.9 Å². The van der Waals surface area contributed by atoms with Crippen molar-refractivity contribution in [2.24, 2.45) is 5.73 Å². The van der Waals surface area contributed by atoms with E-state index >= 15 is 0 Å². The number of aromatic nitrogens is 3. The Morgan fingerprint density at radius 3 is 2.65 bits per heavy atom. The fourth-order valence-corrected chi connectivity index (χ4v) is 1.74. The maximum atomic E-state index is 11.0. The lowest BCUT2D eigenvalue weighted by atomic mass is 10.0. The number of aliphatic hydroxyl groups is 3. The highest BCUT2D eigenvalue weighted by atomic mass is 16.6. The second kappa shape index (κ2) is 4.37. The lowest BCUT2D eigenvalue weighted by Crippen LogP contribution is -2.32. The average Bonchev–Trinajstić information content (AvgIpc) is 2.86. The Labute approximate surface area is 95.2 Å². The molecule has 6 N–H and O–H groups in total. The van der Waals surface area contributed by atoms with Gasteiger partial charge in [0.05, 0.1) is 6.61 Å². The van der Waals surface area contributed by atoms with E-state index in [2.05, 4.69) is 15.4 Å². The second-order valence-corrected chi connectivity index (χ2v) is 3.68. The molecule has 94 valence electrons. The molecule has 1 unspecified atom stereocenters. The molecule has 1 aliphatic heterocycles. The molecule has 9 heteroatoms. The number of carbonyl (C=O) groups is 1. The van der Waals surface area contributed by atoms with Crippen LogP contribution in [0.3, 0.4) is 0 Å². The summed E-state index contributed by atoms with van der Waals surface area (Å²) in [4.78, 5) is 11.0. The number of ether oxygens (including phenoxy) is 1. The number of carbonyl (C=O) groups excluding carboxylic acids is 1. The summed E-state index contributed by atoms with van der Waals surface area (Å²) < 4.78 is 5.19. The lowest BCUT2D eigenvalue weighted by Gasteiger charge is -2.12. The van der Waals surface area contributed by atoms with E-state index in [1.165, 1.54) is 0 Å². The molecule has 17 heavy (non-hydrogen) atoms. The third-order valence-electron chi connectivity index (χ3n) is 2.62. The Hall–Kier alpha value is -1.55. The van der Waals surface area contributed by atoms with Gasteiger partial charge < -0.3 is 25.8 Å². The predicted molar refractivity (Wildman–Crippen MR) is 51.6 cm³/mol. The highest BCUT2D eigenvalue weighted by molar-refractivity contribution is 5.91. The molecule has 1 fully saturated rings. The molecule has 1 aliphatic rings. The fraction of sp³-hybridized carbons (Fsp3) is 0.625. The number of rotatable bonds is 3. The van der Waals surface area contributed by atoms with Crippen molar-refractivity contribution in [3.63, 3.8) is 0 Å². The maximum absolute atomic E-state index is 11.0. The Morgan fingerprint density at radius 1 is 1.41 bits per heavy atom. The van der Waals surface area contributed by atoms with Gasteiger partial charge >= 0.3 is 0 Å². The standard InChI is InChI=1S/C8H12N4O5/c9-8(16)4-3(10-12-11-4)7-6(15)5(14)2(1-13)17-7/h2,5-7,13-15H,1H2,(H2,9,16)(H,10,11,12)/t2-,5-,6-,7?/m1/s1. The highest BCUT2D eigenvalue weighted by Crippen LogP contribution is 2.33. The smallest absolute Gasteiger partial charge is 0.271 e. The van der Waals surface area contributed by atoms with E-state index in [-0.39, 0.29) is 11.4 Å². The van der Waals surface area contributed by atoms with Crippen LogP contribution in [0.2, 0.25) is 0 Å². The number of primary amides is 1. The van der Waals surface area contributed by atoms with Crippen LogP contribution >= 0.6 is 0 Å². The number of aliphatic hydroxyl groups excluding tert-OH is 3. The van der Waals surface area contributed by atoms with Gasteiger partial charge in [-0.3, -0.25) is 4.79 Å². The van der Waals surface area contributed by atoms with Crippen LogP contribution in [0.1, 0.15) is 22.3 Å². The van der Waals surface area contributed by atoms with Crippen LogP contribution in [0.5, 0.6) is 0 Å². The minimum absolute atomic E-state index is 0.0139. The molecule has 0 bridgehead atoms. The van der Waals surface area contributed by atoms with Crippen LogP contribution in [0.25, 0.3) is 0 Å². The van der Waals surface area contributed by atoms with Crippen molar-refractivity contribution >= 4 is 5.91 Å². The quantitative estimate of drug-likeness (QED) is 0.381. The summed E-state index contributed by atoms with van der Waals surface area (Å²) in [6, 6.07) is 0. The summed E-state index contributed by atoms with van der Waals surface area (Å²) >= 11 is 0. The van der Waals surface area contributed by atoms with Crippen molar-refractivity contribution in [1.82, 2.24) is 15.4 Å². The van der Waals surface area contributed by atoms with E-state index in [0.29, 0.717) is 0 Å². The van der Waals surface area contributed by atoms with Crippen LogP contribution in [-0.4, -0.2) is 61.6 Å². The van der Waals surface area contributed by atoms with E-state index < -0.39 is 36.9 Å². The van der Waals surface area contributed by atoms with Crippen LogP contribution < -0.4 is 5.73 Å². The molecule has 1 saturated heterocycles. The minimum atomic E-state index is -1.31. The summed E-state index contributed by atoms with van der Waals surface area (Å²) in [7, 11) is 0. The first-order chi connectivity index (χ1) is 8.06. The van der Waals surface area contributed by atoms with E-state index in [4.69, 9.17) is 15.6 Å². The maximum Gasteiger partial charge on any atom is 0.271 e. The number of hydrogen-bond acceptors (Lipinski definition) is 7. The molecule has 1 amide bonds. The first-order valence-electron chi connectivity index (χ1n) is 4.89. The molecule has 1 aromatic heterocycles. The number of nitrogens with one attached hydrogen (secondary N) is 1. The number of nitrogens with two attached hydrogens (primary N) is 1. The third-order valence-corrected chi connectivity index (χ3v) is 2.62. The Balaban J connectivity index is 2.29. The van der Waals surface area contributed by atoms with Gasteiger partial charge in [0, 0.05) is 0 Å². The number of nitrogens with zero attached hydrogens (tertiary/aromatic N) is 2. The van der Waals surface area contributed by atoms with Crippen molar-refractivity contribution in [3.05, 3.63) is 11.4 Å². The Kier molecular flexibility index (Phi) is 3.07. The van der Waals surface area contributed by atoms with Gasteiger partial charge in [-0.15, -0.1) is 0 Å². The number of amides is 1. The van der Waals surface area contributed by atoms with Gasteiger partial charge in [0.1, 0.15) is 30.1 Å². The van der Waals surface area contributed by atoms with Gasteiger partial charge in [0.25, 0.3) is 5.91 Å². The predicted octanol–water partition coefficient (Wildman–Crippen LogP) is -2.94. The summed E-state index contributed by atoms with van der Waals surface area (Å²) in [6.45, 7) is -0.460. The SMILES string of the molecule is NC(=O)c1n[nH]nc1C1O[C@H](CO)[C@@H](O)[C@H]1O. The lowest BCUT2D eigenvalue weighted by molar-refractivity contribution is -0.0241. The first kappa shape index (κ1) is 11.9. The summed E-state index contributed by atoms with van der Waals surface area (Å²) in [5.74, 6) is -0.827. The van der Waals surface area contributed by atoms with Gasteiger partial charge in [-0.25, -0.2) is 0 Å². The molecule has 2 rings (SSSR count). The molecule has 9 nitrogen and oxygen atoms in total. The van der Waals surface area contributed by atoms with Crippen LogP contribution in [-0.2, 0) is 4.74 Å². The topological polar surface area (TPSA) is 155 Å². The molecule has 0 aliphatic carbocycles. The van der Waals surface area contributed by atoms with Gasteiger partial charge in [0.2, 0.25) is 0 Å². The molecular weight excluding hydrogens is 232 g/mol. The average molecular weight is 244 g/mol. The van der Waals surface area contributed by atoms with Crippen LogP contribution in [0.15, 0.2) is 0 Å². The Morgan fingerprint density at radius 2 is 2.12 bits per heavy atom. The monoisotopic (exact) mass is 244 g/mol. The minimum Gasteiger partial charge on any atom is -0.394 e. The van der Waals surface area contributed by atoms with Crippen LogP contribution in [0.4, 0.5) is 0 Å². The van der Waals surface area contributed by atoms with E-state index in [9.17, 15) is 15.0 Å². The molecule has 0 saturated carbocycles. The van der Waals surface area contributed by atoms with Gasteiger partial charge in [-0.1, -0.05) is 0 Å². The highest BCUT2D eigenvalue weighted by Gasteiger charge is 2.45. The van der Waals surface area contributed by atoms with Crippen molar-refractivity contribution in [1.29, 1.82) is 0 Å². The second-order valence-electron chi connectivity index (χ2n) is 3.68. The largest absolute Gasteiger partial charge is 0.394 e. The molecule has 4 atom stereocenters. The summed E-state index contributed by atoms with van der Waals surface area (Å²) in [6.07, 6.45) is -4.56. The van der Waals surface area contributed by atoms with Crippen molar-refractivity contribution in [2.75, 3.05) is 6.61 Å². The van der Waals surface area contributed by atoms with E-state index in [1.807, 2.05) is 0 Å². The normalized spacial score (nSPS) is 32.9. The fourth-order valence-electron chi connectivity index (χ4n) is 1.74. The number of aromatic amines is 1. The molecule has 0 aromatic carbocycles. The summed E-state index contributed by atoms with van der Waals surface area (Å²) in [5.41, 5.74) is 4.91. The molecular formula is C8H12N4O5. The van der Waals surface area contributed by atoms with Gasteiger partial charge in [-0.2, -0.15) is 15.4 Å². The van der Waals surface area contributed by atoms with E-state index in [1.54, 1.807) is 0 Å². The number of hydrogen-bond donors (Lipinski definition) is 5. The summed E-state index contributed by atoms with van der Waals surface area (Å²) in [5, 5.41) is 37.6. The number of H-pyrrole nitrogens is 1. The molecule has 0 radical (unpaired) electrons. The molecule has 1 aromatic rings. The molecule has 2 heterocycles. The van der Waals surface area contributed by atoms with Crippen LogP contribution in [0, 0.1) is 0 Å². The van der Waals surface area contributed by atoms with Gasteiger partial charge in [0.15, 0.2) is 5.69 Å². The van der Waals surface area contributed by atoms with Crippen molar-refractivity contribution in [2.45, 2.75) is 24.4 Å². The van der Waals surface area contributed by atoms with E-state index in [0.717, 1.165) is 0 Å². The first-order valence-corrected chi connectivity index (χ1v) is 4.89. The molecule has 0 spiro atoms. The zero-order chi connectivity index (χ0) is 12.6. The zero-order valence-electron chi connectivity index (χ0n) is 8.65. The van der Waals surface area contributed by atoms with Gasteiger partial charge in [-0.05, 0) is 0 Å². The van der Waals surface area contributed by atoms with Crippen molar-refractivity contribution in [3.8, 4) is 0 Å². The zero-order valence-corrected chi connectivity index (χ0v) is 8.65.